The van der Waals surface area contributed by atoms with Crippen LogP contribution in [0.2, 0.25) is 0 Å². The fourth-order valence-electron chi connectivity index (χ4n) is 2.07. The van der Waals surface area contributed by atoms with Gasteiger partial charge >= 0.3 is 0 Å². The average Bonchev–Trinajstić information content (AvgIpc) is 2.38. The van der Waals surface area contributed by atoms with Gasteiger partial charge in [-0.05, 0) is 57.8 Å². The second kappa shape index (κ2) is 6.59. The summed E-state index contributed by atoms with van der Waals surface area (Å²) in [4.78, 5) is 4.25. The molecular weight excluding hydrogens is 228 g/mol. The maximum absolute atomic E-state index is 5.81. The molecule has 0 spiro atoms. The van der Waals surface area contributed by atoms with Crippen LogP contribution < -0.4 is 14.8 Å². The molecule has 0 bridgehead atoms. The van der Waals surface area contributed by atoms with E-state index in [2.05, 4.69) is 10.3 Å². The van der Waals surface area contributed by atoms with Crippen LogP contribution in [0.4, 0.5) is 0 Å². The van der Waals surface area contributed by atoms with Crippen LogP contribution in [0.5, 0.6) is 11.6 Å². The summed E-state index contributed by atoms with van der Waals surface area (Å²) in [6, 6.07) is 3.78. The van der Waals surface area contributed by atoms with Crippen LogP contribution in [0, 0.1) is 5.92 Å². The van der Waals surface area contributed by atoms with Crippen molar-refractivity contribution in [1.29, 1.82) is 0 Å². The van der Waals surface area contributed by atoms with Gasteiger partial charge in [-0.2, -0.15) is 0 Å². The smallest absolute Gasteiger partial charge is 0.257 e. The lowest BCUT2D eigenvalue weighted by Crippen LogP contribution is -2.30. The predicted octanol–water partition coefficient (Wildman–Crippen LogP) is 2.25. The average molecular weight is 250 g/mol. The van der Waals surface area contributed by atoms with Crippen LogP contribution in [-0.4, -0.2) is 30.8 Å². The second-order valence-corrected chi connectivity index (χ2v) is 4.98. The van der Waals surface area contributed by atoms with Crippen LogP contribution in [-0.2, 0) is 0 Å². The van der Waals surface area contributed by atoms with Crippen molar-refractivity contribution in [1.82, 2.24) is 10.3 Å². The zero-order valence-electron chi connectivity index (χ0n) is 11.2. The van der Waals surface area contributed by atoms with E-state index in [1.165, 1.54) is 12.8 Å². The van der Waals surface area contributed by atoms with E-state index in [9.17, 15) is 0 Å². The first-order chi connectivity index (χ1) is 8.75. The van der Waals surface area contributed by atoms with Gasteiger partial charge < -0.3 is 14.8 Å². The minimum Gasteiger partial charge on any atom is -0.485 e. The third-order valence-electron chi connectivity index (χ3n) is 3.01. The molecule has 0 aromatic carbocycles. The van der Waals surface area contributed by atoms with Crippen molar-refractivity contribution < 1.29 is 9.47 Å². The highest BCUT2D eigenvalue weighted by Crippen LogP contribution is 2.25. The third-order valence-corrected chi connectivity index (χ3v) is 3.01. The SMILES string of the molecule is CC(C)Oc1cccnc1OCC1CCNCC1. The van der Waals surface area contributed by atoms with Crippen LogP contribution >= 0.6 is 0 Å². The summed E-state index contributed by atoms with van der Waals surface area (Å²) in [6.07, 6.45) is 4.22. The molecule has 100 valence electrons. The fourth-order valence-corrected chi connectivity index (χ4v) is 2.07. The van der Waals surface area contributed by atoms with Gasteiger partial charge in [0.1, 0.15) is 0 Å². The molecule has 0 saturated carbocycles. The number of nitrogens with zero attached hydrogens (tertiary/aromatic N) is 1. The number of pyridine rings is 1. The van der Waals surface area contributed by atoms with E-state index in [0.29, 0.717) is 11.8 Å². The minimum absolute atomic E-state index is 0.135. The van der Waals surface area contributed by atoms with E-state index in [1.807, 2.05) is 26.0 Å². The highest BCUT2D eigenvalue weighted by molar-refractivity contribution is 5.32. The number of hydrogen-bond acceptors (Lipinski definition) is 4. The van der Waals surface area contributed by atoms with Gasteiger partial charge in [0.25, 0.3) is 5.88 Å². The fraction of sp³-hybridized carbons (Fsp3) is 0.643. The summed E-state index contributed by atoms with van der Waals surface area (Å²) in [5, 5.41) is 3.35. The second-order valence-electron chi connectivity index (χ2n) is 4.98. The van der Waals surface area contributed by atoms with E-state index >= 15 is 0 Å². The maximum atomic E-state index is 5.81. The van der Waals surface area contributed by atoms with Gasteiger partial charge in [0.05, 0.1) is 12.7 Å². The van der Waals surface area contributed by atoms with Crippen molar-refractivity contribution >= 4 is 0 Å². The number of piperidine rings is 1. The number of rotatable bonds is 5. The first kappa shape index (κ1) is 13.1. The lowest BCUT2D eigenvalue weighted by atomic mass is 9.99. The molecule has 1 aliphatic heterocycles. The van der Waals surface area contributed by atoms with E-state index in [4.69, 9.17) is 9.47 Å². The van der Waals surface area contributed by atoms with Gasteiger partial charge in [0.15, 0.2) is 5.75 Å². The Kier molecular flexibility index (Phi) is 4.81. The van der Waals surface area contributed by atoms with E-state index in [1.54, 1.807) is 6.20 Å². The molecule has 1 aliphatic rings. The van der Waals surface area contributed by atoms with Crippen LogP contribution in [0.1, 0.15) is 26.7 Å². The minimum atomic E-state index is 0.135. The Bertz CT molecular complexity index is 363. The Labute approximate surface area is 109 Å². The van der Waals surface area contributed by atoms with Crippen LogP contribution in [0.25, 0.3) is 0 Å². The van der Waals surface area contributed by atoms with E-state index < -0.39 is 0 Å². The molecular formula is C14H22N2O2. The van der Waals surface area contributed by atoms with Gasteiger partial charge in [-0.1, -0.05) is 0 Å². The summed E-state index contributed by atoms with van der Waals surface area (Å²) in [7, 11) is 0. The molecule has 4 nitrogen and oxygen atoms in total. The highest BCUT2D eigenvalue weighted by Gasteiger charge is 2.15. The first-order valence-corrected chi connectivity index (χ1v) is 6.71. The summed E-state index contributed by atoms with van der Waals surface area (Å²) in [5.41, 5.74) is 0. The Morgan fingerprint density at radius 3 is 2.89 bits per heavy atom. The van der Waals surface area contributed by atoms with Crippen LogP contribution in [0.15, 0.2) is 18.3 Å². The highest BCUT2D eigenvalue weighted by atomic mass is 16.5. The van der Waals surface area contributed by atoms with Crippen molar-refractivity contribution in [3.63, 3.8) is 0 Å². The molecule has 0 atom stereocenters. The molecule has 2 heterocycles. The van der Waals surface area contributed by atoms with Crippen molar-refractivity contribution in [3.05, 3.63) is 18.3 Å². The molecule has 0 unspecified atom stereocenters. The molecule has 1 saturated heterocycles. The quantitative estimate of drug-likeness (QED) is 0.870. The van der Waals surface area contributed by atoms with Gasteiger partial charge in [0.2, 0.25) is 0 Å². The Balaban J connectivity index is 1.91. The largest absolute Gasteiger partial charge is 0.485 e. The number of ether oxygens (including phenoxy) is 2. The Hall–Kier alpha value is -1.29. The maximum Gasteiger partial charge on any atom is 0.257 e. The van der Waals surface area contributed by atoms with Crippen molar-refractivity contribution in [2.75, 3.05) is 19.7 Å². The summed E-state index contributed by atoms with van der Waals surface area (Å²) in [6.45, 7) is 6.91. The zero-order valence-corrected chi connectivity index (χ0v) is 11.2. The van der Waals surface area contributed by atoms with Crippen molar-refractivity contribution in [2.45, 2.75) is 32.8 Å². The normalized spacial score (nSPS) is 16.8. The molecule has 0 amide bonds. The zero-order chi connectivity index (χ0) is 12.8. The van der Waals surface area contributed by atoms with Gasteiger partial charge in [-0.3, -0.25) is 0 Å². The monoisotopic (exact) mass is 250 g/mol. The molecule has 0 radical (unpaired) electrons. The molecule has 1 fully saturated rings. The Morgan fingerprint density at radius 1 is 1.39 bits per heavy atom. The molecule has 1 aromatic rings. The number of aromatic nitrogens is 1. The van der Waals surface area contributed by atoms with Crippen LogP contribution in [0.3, 0.4) is 0 Å². The standard InChI is InChI=1S/C14H22N2O2/c1-11(2)18-13-4-3-7-16-14(13)17-10-12-5-8-15-9-6-12/h3-4,7,11-12,15H,5-6,8-10H2,1-2H3. The third kappa shape index (κ3) is 3.88. The molecule has 4 heteroatoms. The van der Waals surface area contributed by atoms with Gasteiger partial charge in [0, 0.05) is 6.20 Å². The van der Waals surface area contributed by atoms with Crippen molar-refractivity contribution in [3.8, 4) is 11.6 Å². The first-order valence-electron chi connectivity index (χ1n) is 6.71. The molecule has 1 aromatic heterocycles. The summed E-state index contributed by atoms with van der Waals surface area (Å²) >= 11 is 0. The lowest BCUT2D eigenvalue weighted by Gasteiger charge is -2.23. The summed E-state index contributed by atoms with van der Waals surface area (Å²) < 4.78 is 11.5. The molecule has 2 rings (SSSR count). The Morgan fingerprint density at radius 2 is 2.17 bits per heavy atom. The lowest BCUT2D eigenvalue weighted by molar-refractivity contribution is 0.184. The molecule has 0 aliphatic carbocycles. The van der Waals surface area contributed by atoms with E-state index in [-0.39, 0.29) is 6.10 Å². The number of nitrogens with one attached hydrogen (secondary N) is 1. The van der Waals surface area contributed by atoms with E-state index in [0.717, 1.165) is 25.4 Å². The molecule has 18 heavy (non-hydrogen) atoms. The number of hydrogen-bond donors (Lipinski definition) is 1. The predicted molar refractivity (Wildman–Crippen MR) is 71.1 cm³/mol. The molecule has 1 N–H and O–H groups in total. The summed E-state index contributed by atoms with van der Waals surface area (Å²) in [5.74, 6) is 1.98. The topological polar surface area (TPSA) is 43.4 Å². The van der Waals surface area contributed by atoms with Gasteiger partial charge in [-0.25, -0.2) is 4.98 Å². The van der Waals surface area contributed by atoms with Crippen molar-refractivity contribution in [2.24, 2.45) is 5.92 Å². The van der Waals surface area contributed by atoms with Gasteiger partial charge in [-0.15, -0.1) is 0 Å².